The van der Waals surface area contributed by atoms with Crippen LogP contribution in [0.15, 0.2) is 11.8 Å². The molecule has 0 aliphatic heterocycles. The lowest BCUT2D eigenvalue weighted by Crippen LogP contribution is -2.24. The maximum absolute atomic E-state index is 5.47. The number of methoxy groups -OCH3 is 1. The maximum atomic E-state index is 5.47. The standard InChI is InChI=1S/C11H18O/c1-12-10-6-5-9-11(10)7-3-2-4-8-11/h6H,2-5,7-9H2,1H3. The fourth-order valence-corrected chi connectivity index (χ4v) is 2.84. The minimum atomic E-state index is 0.479. The molecule has 1 heteroatoms. The Labute approximate surface area is 74.8 Å². The maximum Gasteiger partial charge on any atom is 0.0977 e. The summed E-state index contributed by atoms with van der Waals surface area (Å²) in [4.78, 5) is 0. The van der Waals surface area contributed by atoms with Crippen LogP contribution in [0.1, 0.15) is 44.9 Å². The number of rotatable bonds is 1. The van der Waals surface area contributed by atoms with E-state index in [2.05, 4.69) is 6.08 Å². The first-order chi connectivity index (χ1) is 5.87. The molecule has 0 unspecified atom stereocenters. The Morgan fingerprint density at radius 1 is 1.17 bits per heavy atom. The van der Waals surface area contributed by atoms with Gasteiger partial charge >= 0.3 is 0 Å². The number of hydrogen-bond donors (Lipinski definition) is 0. The SMILES string of the molecule is COC1=CCCC12CCCCC2. The van der Waals surface area contributed by atoms with E-state index in [4.69, 9.17) is 4.74 Å². The van der Waals surface area contributed by atoms with Crippen LogP contribution in [0.3, 0.4) is 0 Å². The molecule has 1 nitrogen and oxygen atoms in total. The van der Waals surface area contributed by atoms with Gasteiger partial charge in [-0.25, -0.2) is 0 Å². The zero-order chi connectivity index (χ0) is 8.44. The topological polar surface area (TPSA) is 9.23 Å². The van der Waals surface area contributed by atoms with Crippen LogP contribution in [-0.2, 0) is 4.74 Å². The molecule has 0 bridgehead atoms. The molecule has 1 saturated carbocycles. The third kappa shape index (κ3) is 1.16. The Bertz CT molecular complexity index is 187. The van der Waals surface area contributed by atoms with Gasteiger partial charge < -0.3 is 4.74 Å². The van der Waals surface area contributed by atoms with Gasteiger partial charge in [-0.2, -0.15) is 0 Å². The molecule has 0 radical (unpaired) electrons. The molecule has 0 amide bonds. The summed E-state index contributed by atoms with van der Waals surface area (Å²) in [6.07, 6.45) is 11.9. The molecular weight excluding hydrogens is 148 g/mol. The fourth-order valence-electron chi connectivity index (χ4n) is 2.84. The molecule has 2 rings (SSSR count). The minimum Gasteiger partial charge on any atom is -0.501 e. The molecule has 2 aliphatic carbocycles. The van der Waals surface area contributed by atoms with E-state index in [1.165, 1.54) is 50.7 Å². The van der Waals surface area contributed by atoms with Gasteiger partial charge in [0, 0.05) is 5.41 Å². The normalized spacial score (nSPS) is 27.2. The van der Waals surface area contributed by atoms with Crippen LogP contribution in [0.25, 0.3) is 0 Å². The van der Waals surface area contributed by atoms with E-state index in [1.54, 1.807) is 0 Å². The predicted molar refractivity (Wildman–Crippen MR) is 49.8 cm³/mol. The summed E-state index contributed by atoms with van der Waals surface area (Å²) in [6, 6.07) is 0. The zero-order valence-electron chi connectivity index (χ0n) is 7.94. The minimum absolute atomic E-state index is 0.479. The number of hydrogen-bond acceptors (Lipinski definition) is 1. The first kappa shape index (κ1) is 8.15. The summed E-state index contributed by atoms with van der Waals surface area (Å²) < 4.78 is 5.47. The summed E-state index contributed by atoms with van der Waals surface area (Å²) in [7, 11) is 1.83. The van der Waals surface area contributed by atoms with E-state index < -0.39 is 0 Å². The Balaban J connectivity index is 2.13. The molecule has 0 aromatic carbocycles. The van der Waals surface area contributed by atoms with Crippen molar-refractivity contribution in [1.29, 1.82) is 0 Å². The van der Waals surface area contributed by atoms with Crippen LogP contribution in [0, 0.1) is 5.41 Å². The molecule has 0 saturated heterocycles. The fraction of sp³-hybridized carbons (Fsp3) is 0.818. The van der Waals surface area contributed by atoms with E-state index in [9.17, 15) is 0 Å². The summed E-state index contributed by atoms with van der Waals surface area (Å²) in [5, 5.41) is 0. The highest BCUT2D eigenvalue weighted by Gasteiger charge is 2.39. The highest BCUT2D eigenvalue weighted by molar-refractivity contribution is 5.15. The average Bonchev–Trinajstić information content (AvgIpc) is 2.49. The van der Waals surface area contributed by atoms with Crippen molar-refractivity contribution in [3.05, 3.63) is 11.8 Å². The van der Waals surface area contributed by atoms with Gasteiger partial charge in [0.1, 0.15) is 0 Å². The Hall–Kier alpha value is -0.460. The predicted octanol–water partition coefficient (Wildman–Crippen LogP) is 3.26. The van der Waals surface area contributed by atoms with E-state index in [1.807, 2.05) is 7.11 Å². The Kier molecular flexibility index (Phi) is 2.12. The Morgan fingerprint density at radius 2 is 1.92 bits per heavy atom. The van der Waals surface area contributed by atoms with Gasteiger partial charge in [0.2, 0.25) is 0 Å². The molecule has 0 atom stereocenters. The summed E-state index contributed by atoms with van der Waals surface area (Å²) in [6.45, 7) is 0. The molecule has 12 heavy (non-hydrogen) atoms. The van der Waals surface area contributed by atoms with E-state index >= 15 is 0 Å². The van der Waals surface area contributed by atoms with Crippen LogP contribution in [0.5, 0.6) is 0 Å². The molecule has 0 heterocycles. The molecule has 68 valence electrons. The van der Waals surface area contributed by atoms with Gasteiger partial charge in [0.25, 0.3) is 0 Å². The third-order valence-electron chi connectivity index (χ3n) is 3.51. The van der Waals surface area contributed by atoms with Gasteiger partial charge in [-0.1, -0.05) is 19.3 Å². The number of ether oxygens (including phenoxy) is 1. The van der Waals surface area contributed by atoms with E-state index in [0.717, 1.165) is 0 Å². The van der Waals surface area contributed by atoms with Crippen LogP contribution in [-0.4, -0.2) is 7.11 Å². The van der Waals surface area contributed by atoms with Crippen LogP contribution in [0.4, 0.5) is 0 Å². The average molecular weight is 166 g/mol. The van der Waals surface area contributed by atoms with Crippen LogP contribution in [0.2, 0.25) is 0 Å². The molecule has 1 fully saturated rings. The first-order valence-corrected chi connectivity index (χ1v) is 5.12. The van der Waals surface area contributed by atoms with Crippen molar-refractivity contribution in [2.45, 2.75) is 44.9 Å². The second-order valence-electron chi connectivity index (χ2n) is 4.15. The second-order valence-corrected chi connectivity index (χ2v) is 4.15. The van der Waals surface area contributed by atoms with Crippen molar-refractivity contribution in [2.75, 3.05) is 7.11 Å². The lowest BCUT2D eigenvalue weighted by Gasteiger charge is -2.34. The van der Waals surface area contributed by atoms with Crippen molar-refractivity contribution in [1.82, 2.24) is 0 Å². The first-order valence-electron chi connectivity index (χ1n) is 5.12. The monoisotopic (exact) mass is 166 g/mol. The highest BCUT2D eigenvalue weighted by atomic mass is 16.5. The lowest BCUT2D eigenvalue weighted by atomic mass is 9.73. The van der Waals surface area contributed by atoms with Crippen LogP contribution >= 0.6 is 0 Å². The van der Waals surface area contributed by atoms with Gasteiger partial charge in [-0.15, -0.1) is 0 Å². The van der Waals surface area contributed by atoms with Gasteiger partial charge in [-0.3, -0.25) is 0 Å². The van der Waals surface area contributed by atoms with Crippen molar-refractivity contribution in [2.24, 2.45) is 5.41 Å². The van der Waals surface area contributed by atoms with Crippen LogP contribution < -0.4 is 0 Å². The summed E-state index contributed by atoms with van der Waals surface area (Å²) in [5.41, 5.74) is 0.479. The largest absolute Gasteiger partial charge is 0.501 e. The molecule has 2 aliphatic rings. The molecule has 0 aromatic heterocycles. The van der Waals surface area contributed by atoms with Crippen molar-refractivity contribution < 1.29 is 4.74 Å². The zero-order valence-corrected chi connectivity index (χ0v) is 7.94. The summed E-state index contributed by atoms with van der Waals surface area (Å²) >= 11 is 0. The molecule has 1 spiro atoms. The smallest absolute Gasteiger partial charge is 0.0977 e. The van der Waals surface area contributed by atoms with Gasteiger partial charge in [0.05, 0.1) is 12.9 Å². The van der Waals surface area contributed by atoms with Crippen molar-refractivity contribution in [3.8, 4) is 0 Å². The van der Waals surface area contributed by atoms with E-state index in [0.29, 0.717) is 5.41 Å². The quantitative estimate of drug-likeness (QED) is 0.581. The Morgan fingerprint density at radius 3 is 2.58 bits per heavy atom. The molecule has 0 N–H and O–H groups in total. The van der Waals surface area contributed by atoms with E-state index in [-0.39, 0.29) is 0 Å². The van der Waals surface area contributed by atoms with Crippen molar-refractivity contribution >= 4 is 0 Å². The lowest BCUT2D eigenvalue weighted by molar-refractivity contribution is 0.131. The second kappa shape index (κ2) is 3.12. The highest BCUT2D eigenvalue weighted by Crippen LogP contribution is 2.49. The third-order valence-corrected chi connectivity index (χ3v) is 3.51. The molecular formula is C11H18O. The van der Waals surface area contributed by atoms with Crippen molar-refractivity contribution in [3.63, 3.8) is 0 Å². The van der Waals surface area contributed by atoms with Gasteiger partial charge in [-0.05, 0) is 31.8 Å². The number of allylic oxidation sites excluding steroid dienone is 2. The summed E-state index contributed by atoms with van der Waals surface area (Å²) in [5.74, 6) is 1.29. The van der Waals surface area contributed by atoms with Gasteiger partial charge in [0.15, 0.2) is 0 Å². The molecule has 0 aromatic rings.